The van der Waals surface area contributed by atoms with Crippen molar-refractivity contribution >= 4 is 27.5 Å². The first-order valence-electron chi connectivity index (χ1n) is 4.46. The molecule has 1 aromatic heterocycles. The Morgan fingerprint density at radius 3 is 2.36 bits per heavy atom. The van der Waals surface area contributed by atoms with Crippen LogP contribution in [-0.4, -0.2) is 15.5 Å². The topological polar surface area (TPSA) is 25.8 Å². The van der Waals surface area contributed by atoms with Gasteiger partial charge in [-0.2, -0.15) is 5.10 Å². The number of halogens is 2. The first kappa shape index (κ1) is 11.9. The Hall–Kier alpha value is -0.150. The third-order valence-corrected chi connectivity index (χ3v) is 4.09. The smallest absolute Gasteiger partial charge is 0.154 e. The summed E-state index contributed by atoms with van der Waals surface area (Å²) in [6.07, 6.45) is 0. The van der Waals surface area contributed by atoms with E-state index in [1.165, 1.54) is 0 Å². The summed E-state index contributed by atoms with van der Waals surface area (Å²) in [5.41, 5.74) is 3.15. The van der Waals surface area contributed by atoms with E-state index in [4.69, 9.17) is 11.6 Å². The minimum Gasteiger partial charge on any atom is -0.154 e. The zero-order chi connectivity index (χ0) is 10.9. The molecule has 4 heteroatoms. The van der Waals surface area contributed by atoms with Crippen LogP contribution >= 0.6 is 27.5 Å². The predicted octanol–water partition coefficient (Wildman–Crippen LogP) is 3.42. The number of rotatable bonds is 2. The number of aromatic nitrogens is 2. The van der Waals surface area contributed by atoms with Gasteiger partial charge in [0.1, 0.15) is 0 Å². The fourth-order valence-electron chi connectivity index (χ4n) is 1.43. The van der Waals surface area contributed by atoms with Crippen molar-refractivity contribution in [2.45, 2.75) is 33.1 Å². The van der Waals surface area contributed by atoms with Gasteiger partial charge in [0.2, 0.25) is 0 Å². The zero-order valence-electron chi connectivity index (χ0n) is 8.86. The number of aryl methyl sites for hydroxylation is 1. The SMILES string of the molecule is Cc1nnc(Cl)c(C(C)(C)CBr)c1C. The van der Waals surface area contributed by atoms with Gasteiger partial charge in [-0.05, 0) is 19.4 Å². The van der Waals surface area contributed by atoms with Crippen molar-refractivity contribution in [1.29, 1.82) is 0 Å². The largest absolute Gasteiger partial charge is 0.155 e. The molecule has 0 aliphatic carbocycles. The average molecular weight is 278 g/mol. The molecule has 0 radical (unpaired) electrons. The molecule has 1 rings (SSSR count). The molecule has 0 aromatic carbocycles. The van der Waals surface area contributed by atoms with E-state index in [9.17, 15) is 0 Å². The van der Waals surface area contributed by atoms with Gasteiger partial charge in [0.25, 0.3) is 0 Å². The molecule has 0 fully saturated rings. The third-order valence-electron chi connectivity index (χ3n) is 2.42. The molecule has 0 saturated carbocycles. The summed E-state index contributed by atoms with van der Waals surface area (Å²) in [4.78, 5) is 0. The van der Waals surface area contributed by atoms with Crippen LogP contribution < -0.4 is 0 Å². The summed E-state index contributed by atoms with van der Waals surface area (Å²) in [5, 5.41) is 9.30. The van der Waals surface area contributed by atoms with Crippen molar-refractivity contribution in [3.8, 4) is 0 Å². The molecule has 0 atom stereocenters. The Morgan fingerprint density at radius 2 is 1.86 bits per heavy atom. The second-order valence-corrected chi connectivity index (χ2v) is 5.01. The maximum absolute atomic E-state index is 6.07. The quantitative estimate of drug-likeness (QED) is 0.774. The van der Waals surface area contributed by atoms with E-state index in [0.717, 1.165) is 22.2 Å². The van der Waals surface area contributed by atoms with Crippen molar-refractivity contribution in [2.24, 2.45) is 0 Å². The molecule has 0 saturated heterocycles. The maximum Gasteiger partial charge on any atom is 0.155 e. The number of alkyl halides is 1. The van der Waals surface area contributed by atoms with E-state index in [0.29, 0.717) is 5.15 Å². The fraction of sp³-hybridized carbons (Fsp3) is 0.600. The lowest BCUT2D eigenvalue weighted by Crippen LogP contribution is -2.22. The van der Waals surface area contributed by atoms with E-state index < -0.39 is 0 Å². The van der Waals surface area contributed by atoms with Crippen molar-refractivity contribution in [3.63, 3.8) is 0 Å². The highest BCUT2D eigenvalue weighted by molar-refractivity contribution is 9.09. The molecule has 2 nitrogen and oxygen atoms in total. The molecule has 0 aliphatic heterocycles. The Labute approximate surface area is 98.2 Å². The van der Waals surface area contributed by atoms with Gasteiger partial charge < -0.3 is 0 Å². The Kier molecular flexibility index (Phi) is 3.53. The van der Waals surface area contributed by atoms with Gasteiger partial charge in [-0.15, -0.1) is 5.10 Å². The van der Waals surface area contributed by atoms with Crippen LogP contribution in [0.2, 0.25) is 5.15 Å². The molecule has 0 spiro atoms. The molecule has 0 amide bonds. The molecule has 1 heterocycles. The van der Waals surface area contributed by atoms with Gasteiger partial charge in [-0.25, -0.2) is 0 Å². The minimum atomic E-state index is -0.0120. The van der Waals surface area contributed by atoms with Crippen LogP contribution in [0.3, 0.4) is 0 Å². The van der Waals surface area contributed by atoms with Crippen LogP contribution in [0.25, 0.3) is 0 Å². The summed E-state index contributed by atoms with van der Waals surface area (Å²) >= 11 is 9.56. The molecule has 14 heavy (non-hydrogen) atoms. The minimum absolute atomic E-state index is 0.0120. The normalized spacial score (nSPS) is 11.9. The lowest BCUT2D eigenvalue weighted by atomic mass is 9.85. The first-order chi connectivity index (χ1) is 6.40. The van der Waals surface area contributed by atoms with E-state index in [1.54, 1.807) is 0 Å². The summed E-state index contributed by atoms with van der Waals surface area (Å²) in [5.74, 6) is 0. The van der Waals surface area contributed by atoms with Crippen molar-refractivity contribution in [1.82, 2.24) is 10.2 Å². The average Bonchev–Trinajstić information content (AvgIpc) is 2.12. The molecule has 78 valence electrons. The molecule has 0 aliphatic rings. The van der Waals surface area contributed by atoms with E-state index in [2.05, 4.69) is 40.0 Å². The molecule has 0 bridgehead atoms. The van der Waals surface area contributed by atoms with Crippen LogP contribution in [0.15, 0.2) is 0 Å². The molecule has 0 unspecified atom stereocenters. The van der Waals surface area contributed by atoms with Crippen LogP contribution in [0.4, 0.5) is 0 Å². The Balaban J connectivity index is 3.40. The molecular formula is C10H14BrClN2. The van der Waals surface area contributed by atoms with Gasteiger partial charge in [0.15, 0.2) is 5.15 Å². The summed E-state index contributed by atoms with van der Waals surface area (Å²) in [7, 11) is 0. The standard InChI is InChI=1S/C10H14BrClN2/c1-6-7(2)13-14-9(12)8(6)10(3,4)5-11/h5H2,1-4H3. The van der Waals surface area contributed by atoms with E-state index in [-0.39, 0.29) is 5.41 Å². The van der Waals surface area contributed by atoms with Crippen LogP contribution in [0.5, 0.6) is 0 Å². The van der Waals surface area contributed by atoms with Crippen LogP contribution in [0, 0.1) is 13.8 Å². The summed E-state index contributed by atoms with van der Waals surface area (Å²) in [6, 6.07) is 0. The van der Waals surface area contributed by atoms with Crippen LogP contribution in [-0.2, 0) is 5.41 Å². The zero-order valence-corrected chi connectivity index (χ0v) is 11.2. The highest BCUT2D eigenvalue weighted by atomic mass is 79.9. The third kappa shape index (κ3) is 2.09. The van der Waals surface area contributed by atoms with Crippen molar-refractivity contribution in [2.75, 3.05) is 5.33 Å². The van der Waals surface area contributed by atoms with E-state index >= 15 is 0 Å². The second-order valence-electron chi connectivity index (χ2n) is 4.09. The molecular weight excluding hydrogens is 263 g/mol. The highest BCUT2D eigenvalue weighted by Gasteiger charge is 2.26. The van der Waals surface area contributed by atoms with Gasteiger partial charge >= 0.3 is 0 Å². The van der Waals surface area contributed by atoms with Gasteiger partial charge in [-0.1, -0.05) is 41.4 Å². The second kappa shape index (κ2) is 4.15. The summed E-state index contributed by atoms with van der Waals surface area (Å²) < 4.78 is 0. The fourth-order valence-corrected chi connectivity index (χ4v) is 2.15. The van der Waals surface area contributed by atoms with Crippen molar-refractivity contribution < 1.29 is 0 Å². The Morgan fingerprint density at radius 1 is 1.29 bits per heavy atom. The number of hydrogen-bond donors (Lipinski definition) is 0. The van der Waals surface area contributed by atoms with E-state index in [1.807, 2.05) is 13.8 Å². The predicted molar refractivity (Wildman–Crippen MR) is 63.3 cm³/mol. The lowest BCUT2D eigenvalue weighted by molar-refractivity contribution is 0.594. The van der Waals surface area contributed by atoms with Gasteiger partial charge in [-0.3, -0.25) is 0 Å². The monoisotopic (exact) mass is 276 g/mol. The van der Waals surface area contributed by atoms with Crippen LogP contribution in [0.1, 0.15) is 30.7 Å². The number of nitrogens with zero attached hydrogens (tertiary/aromatic N) is 2. The first-order valence-corrected chi connectivity index (χ1v) is 5.96. The molecule has 0 N–H and O–H groups in total. The summed E-state index contributed by atoms with van der Waals surface area (Å²) in [6.45, 7) is 8.26. The van der Waals surface area contributed by atoms with Crippen molar-refractivity contribution in [3.05, 3.63) is 22.0 Å². The maximum atomic E-state index is 6.07. The highest BCUT2D eigenvalue weighted by Crippen LogP contribution is 2.33. The molecule has 1 aromatic rings. The van der Waals surface area contributed by atoms with Gasteiger partial charge in [0.05, 0.1) is 5.69 Å². The number of hydrogen-bond acceptors (Lipinski definition) is 2. The van der Waals surface area contributed by atoms with Gasteiger partial charge in [0, 0.05) is 16.3 Å². The Bertz CT molecular complexity index is 350. The lowest BCUT2D eigenvalue weighted by Gasteiger charge is -2.25.